The van der Waals surface area contributed by atoms with Crippen molar-refractivity contribution in [3.05, 3.63) is 88.0 Å². The number of ether oxygens (including phenoxy) is 2. The molecule has 286 valence electrons. The molecule has 1 aliphatic heterocycles. The molecule has 1 saturated carbocycles. The normalized spacial score (nSPS) is 17.8. The summed E-state index contributed by atoms with van der Waals surface area (Å²) >= 11 is 0. The van der Waals surface area contributed by atoms with E-state index in [-0.39, 0.29) is 47.2 Å². The van der Waals surface area contributed by atoms with Crippen molar-refractivity contribution < 1.29 is 50.0 Å². The largest absolute Gasteiger partial charge is 0.456 e. The molecular weight excluding hydrogens is 721 g/mol. The molecule has 0 radical (unpaired) electrons. The Balaban J connectivity index is 1.53. The predicted octanol–water partition coefficient (Wildman–Crippen LogP) is 9.09. The van der Waals surface area contributed by atoms with Gasteiger partial charge in [-0.05, 0) is 133 Å². The van der Waals surface area contributed by atoms with Gasteiger partial charge in [0, 0.05) is 17.8 Å². The highest BCUT2D eigenvalue weighted by Crippen LogP contribution is 2.48. The SMILES string of the molecule is Cc1cc(F)ccc1Oc1cc(C2CC2)c(C(F)(F)F)cc1C(=O)Nc1ccc(F)c(C(NS(=O)C(C)(C)C)C2CCN(C(=O)OC(C)(C)C)C2=O)c1. The first-order valence-electron chi connectivity index (χ1n) is 17.1. The minimum absolute atomic E-state index is 0.0321. The number of anilines is 1. The van der Waals surface area contributed by atoms with Gasteiger partial charge in [0.15, 0.2) is 0 Å². The number of likely N-dealkylation sites (tertiary alicyclic amines) is 1. The lowest BCUT2D eigenvalue weighted by atomic mass is 9.91. The van der Waals surface area contributed by atoms with Gasteiger partial charge in [0.2, 0.25) is 5.91 Å². The second-order valence-corrected chi connectivity index (χ2v) is 17.2. The van der Waals surface area contributed by atoms with Gasteiger partial charge >= 0.3 is 12.3 Å². The van der Waals surface area contributed by atoms with Crippen LogP contribution in [0.3, 0.4) is 0 Å². The van der Waals surface area contributed by atoms with Gasteiger partial charge in [-0.25, -0.2) is 27.4 Å². The third-order valence-corrected chi connectivity index (χ3v) is 10.3. The van der Waals surface area contributed by atoms with Crippen molar-refractivity contribution in [2.75, 3.05) is 11.9 Å². The minimum Gasteiger partial charge on any atom is -0.456 e. The molecule has 3 aromatic carbocycles. The molecule has 0 bridgehead atoms. The molecule has 53 heavy (non-hydrogen) atoms. The maximum atomic E-state index is 15.7. The zero-order chi connectivity index (χ0) is 39.2. The average molecular weight is 764 g/mol. The van der Waals surface area contributed by atoms with E-state index in [1.807, 2.05) is 0 Å². The standard InChI is InChI=1S/C38H42F5N3O6S/c1-20-16-22(39)10-13-30(20)51-31-19-25(21-8-9-21)28(38(41,42)43)18-27(31)33(47)44-23-11-12-29(40)26(17-23)32(45-53(50)37(5,6)7)24-14-15-46(34(24)48)35(49)52-36(2,3)4/h10-13,16-19,21,24,32,45H,8-9,14-15H2,1-7H3,(H,44,47). The molecule has 3 aromatic rings. The molecule has 2 N–H and O–H groups in total. The second kappa shape index (κ2) is 14.8. The number of hydrogen-bond donors (Lipinski definition) is 2. The van der Waals surface area contributed by atoms with Crippen LogP contribution in [0.25, 0.3) is 0 Å². The summed E-state index contributed by atoms with van der Waals surface area (Å²) in [5.74, 6) is -4.65. The number of rotatable bonds is 9. The van der Waals surface area contributed by atoms with Gasteiger partial charge in [0.05, 0.1) is 38.8 Å². The summed E-state index contributed by atoms with van der Waals surface area (Å²) in [4.78, 5) is 41.2. The maximum absolute atomic E-state index is 15.7. The van der Waals surface area contributed by atoms with Crippen LogP contribution < -0.4 is 14.8 Å². The number of carbonyl (C=O) groups is 3. The molecule has 9 nitrogen and oxygen atoms in total. The van der Waals surface area contributed by atoms with E-state index in [9.17, 15) is 36.2 Å². The van der Waals surface area contributed by atoms with Crippen molar-refractivity contribution >= 4 is 34.6 Å². The number of carbonyl (C=O) groups excluding carboxylic acids is 3. The van der Waals surface area contributed by atoms with Crippen molar-refractivity contribution in [1.82, 2.24) is 9.62 Å². The summed E-state index contributed by atoms with van der Waals surface area (Å²) in [5, 5.41) is 2.53. The van der Waals surface area contributed by atoms with E-state index in [1.165, 1.54) is 30.3 Å². The number of imide groups is 1. The van der Waals surface area contributed by atoms with Crippen molar-refractivity contribution in [3.8, 4) is 11.5 Å². The summed E-state index contributed by atoms with van der Waals surface area (Å²) in [6.07, 6.45) is -4.58. The molecule has 3 atom stereocenters. The lowest BCUT2D eigenvalue weighted by Gasteiger charge is -2.29. The van der Waals surface area contributed by atoms with E-state index in [0.29, 0.717) is 24.5 Å². The van der Waals surface area contributed by atoms with Gasteiger partial charge in [0.1, 0.15) is 28.7 Å². The van der Waals surface area contributed by atoms with Crippen molar-refractivity contribution in [2.45, 2.75) is 96.2 Å². The summed E-state index contributed by atoms with van der Waals surface area (Å²) in [7, 11) is -1.85. The molecule has 3 amide bonds. The van der Waals surface area contributed by atoms with Crippen LogP contribution in [0.2, 0.25) is 0 Å². The Morgan fingerprint density at radius 3 is 2.19 bits per heavy atom. The Morgan fingerprint density at radius 2 is 1.60 bits per heavy atom. The van der Waals surface area contributed by atoms with E-state index in [2.05, 4.69) is 10.0 Å². The fraction of sp³-hybridized carbons (Fsp3) is 0.447. The number of nitrogens with zero attached hydrogens (tertiary/aromatic N) is 1. The number of hydrogen-bond acceptors (Lipinski definition) is 6. The average Bonchev–Trinajstić information content (AvgIpc) is 3.81. The van der Waals surface area contributed by atoms with Crippen LogP contribution in [0, 0.1) is 24.5 Å². The zero-order valence-corrected chi connectivity index (χ0v) is 31.2. The fourth-order valence-electron chi connectivity index (χ4n) is 5.90. The highest BCUT2D eigenvalue weighted by atomic mass is 32.2. The second-order valence-electron chi connectivity index (χ2n) is 15.3. The van der Waals surface area contributed by atoms with Crippen molar-refractivity contribution in [2.24, 2.45) is 5.92 Å². The van der Waals surface area contributed by atoms with Crippen LogP contribution in [-0.2, 0) is 26.7 Å². The molecule has 2 fully saturated rings. The number of nitrogens with one attached hydrogen (secondary N) is 2. The van der Waals surface area contributed by atoms with Gasteiger partial charge in [-0.1, -0.05) is 0 Å². The molecule has 15 heteroatoms. The number of halogens is 5. The van der Waals surface area contributed by atoms with Gasteiger partial charge in [-0.2, -0.15) is 13.2 Å². The van der Waals surface area contributed by atoms with Crippen LogP contribution in [0.1, 0.15) is 105 Å². The van der Waals surface area contributed by atoms with Crippen LogP contribution >= 0.6 is 0 Å². The number of alkyl halides is 3. The molecule has 2 aliphatic rings. The highest BCUT2D eigenvalue weighted by Gasteiger charge is 2.45. The first-order valence-corrected chi connectivity index (χ1v) is 18.2. The fourth-order valence-corrected chi connectivity index (χ4v) is 6.78. The van der Waals surface area contributed by atoms with Gasteiger partial charge in [-0.15, -0.1) is 0 Å². The summed E-state index contributed by atoms with van der Waals surface area (Å²) in [6, 6.07) is 7.61. The van der Waals surface area contributed by atoms with Gasteiger partial charge in [0.25, 0.3) is 5.91 Å². The van der Waals surface area contributed by atoms with Crippen LogP contribution in [-0.4, -0.2) is 43.9 Å². The Hall–Kier alpha value is -4.37. The van der Waals surface area contributed by atoms with Crippen LogP contribution in [0.15, 0.2) is 48.5 Å². The van der Waals surface area contributed by atoms with Crippen molar-refractivity contribution in [3.63, 3.8) is 0 Å². The van der Waals surface area contributed by atoms with Crippen molar-refractivity contribution in [1.29, 1.82) is 0 Å². The Morgan fingerprint density at radius 1 is 0.925 bits per heavy atom. The number of aryl methyl sites for hydroxylation is 1. The molecule has 1 saturated heterocycles. The molecule has 0 spiro atoms. The minimum atomic E-state index is -4.80. The van der Waals surface area contributed by atoms with Gasteiger partial charge < -0.3 is 14.8 Å². The predicted molar refractivity (Wildman–Crippen MR) is 189 cm³/mol. The Kier molecular flexibility index (Phi) is 11.1. The molecule has 1 heterocycles. The number of amides is 3. The summed E-state index contributed by atoms with van der Waals surface area (Å²) in [5.41, 5.74) is -2.32. The monoisotopic (exact) mass is 763 g/mol. The number of benzene rings is 3. The molecule has 1 aliphatic carbocycles. The summed E-state index contributed by atoms with van der Waals surface area (Å²) in [6.45, 7) is 11.4. The maximum Gasteiger partial charge on any atom is 0.417 e. The lowest BCUT2D eigenvalue weighted by molar-refractivity contribution is -0.138. The Labute approximate surface area is 307 Å². The highest BCUT2D eigenvalue weighted by molar-refractivity contribution is 7.84. The first-order chi connectivity index (χ1) is 24.5. The lowest BCUT2D eigenvalue weighted by Crippen LogP contribution is -2.43. The molecule has 0 aromatic heterocycles. The van der Waals surface area contributed by atoms with Crippen LogP contribution in [0.4, 0.5) is 32.4 Å². The zero-order valence-electron chi connectivity index (χ0n) is 30.4. The third kappa shape index (κ3) is 9.42. The Bertz CT molecular complexity index is 1950. The first kappa shape index (κ1) is 39.8. The molecule has 5 rings (SSSR count). The quantitative estimate of drug-likeness (QED) is 0.210. The van der Waals surface area contributed by atoms with E-state index < -0.39 is 80.1 Å². The van der Waals surface area contributed by atoms with Gasteiger partial charge in [-0.3, -0.25) is 9.59 Å². The van der Waals surface area contributed by atoms with Crippen LogP contribution in [0.5, 0.6) is 11.5 Å². The topological polar surface area (TPSA) is 114 Å². The molecule has 3 unspecified atom stereocenters. The van der Waals surface area contributed by atoms with E-state index >= 15 is 4.39 Å². The van der Waals surface area contributed by atoms with E-state index in [0.717, 1.165) is 17.0 Å². The third-order valence-electron chi connectivity index (χ3n) is 8.72. The van der Waals surface area contributed by atoms with E-state index in [1.54, 1.807) is 48.5 Å². The van der Waals surface area contributed by atoms with E-state index in [4.69, 9.17) is 9.47 Å². The molecular formula is C38H42F5N3O6S. The summed E-state index contributed by atoms with van der Waals surface area (Å²) < 4.78 is 99.3. The smallest absolute Gasteiger partial charge is 0.417 e.